The third kappa shape index (κ3) is 21.4. The molecule has 448 valence electrons. The zero-order valence-corrected chi connectivity index (χ0v) is 50.4. The molecule has 2 aromatic heterocycles. The standard InChI is InChI=1S/C63H84N8O10S2/c1-7-8-34-71(35-36-82-83-55-23-15-17-32-64-55)56(75)31-30-53-54(74)40-46(37-44-24-28-49(73)29-25-44)59(77)67-48(39-47-41-66-51-22-13-12-21-50(47)51)27-26-45(20-14-16-33-65-62(80)81-63(3,4)5)58(76)69-57(42(2)72)60(78)68-52(61(79)70(53)6)38-43-18-10-9-11-19-43/h9-13,15,17-19,21-25,28-29,32,41-42,45-46,48,52-53,57,66,72-73H,7-8,14,16,20,26-27,30-31,33-40H2,1-6H3,(H,65,80)(H,67,77)(H,68,78)(H,69,76)/t42-,45-,46-,48+,52+,53+,57+/m1/s1. The van der Waals surface area contributed by atoms with E-state index in [0.717, 1.165) is 34.3 Å². The molecule has 83 heavy (non-hydrogen) atoms. The number of aromatic amines is 1. The summed E-state index contributed by atoms with van der Waals surface area (Å²) in [6.45, 7) is 9.93. The van der Waals surface area contributed by atoms with Crippen LogP contribution >= 0.6 is 21.6 Å². The van der Waals surface area contributed by atoms with Crippen molar-refractivity contribution in [1.82, 2.24) is 41.0 Å². The molecule has 20 heteroatoms. The Balaban J connectivity index is 1.37. The smallest absolute Gasteiger partial charge is 0.407 e. The Morgan fingerprint density at radius 3 is 2.23 bits per heavy atom. The van der Waals surface area contributed by atoms with E-state index >= 15 is 14.4 Å². The van der Waals surface area contributed by atoms with Crippen LogP contribution in [0, 0.1) is 11.8 Å². The van der Waals surface area contributed by atoms with E-state index in [0.29, 0.717) is 55.7 Å². The molecule has 3 heterocycles. The van der Waals surface area contributed by atoms with Crippen LogP contribution in [-0.4, -0.2) is 140 Å². The topological polar surface area (TPSA) is 252 Å². The summed E-state index contributed by atoms with van der Waals surface area (Å²) in [6, 6.07) is 24.2. The van der Waals surface area contributed by atoms with Gasteiger partial charge in [0.05, 0.1) is 12.1 Å². The van der Waals surface area contributed by atoms with Gasteiger partial charge in [-0.2, -0.15) is 0 Å². The number of hydrogen-bond donors (Lipinski definition) is 7. The van der Waals surface area contributed by atoms with Crippen LogP contribution in [-0.2, 0) is 52.8 Å². The van der Waals surface area contributed by atoms with Gasteiger partial charge >= 0.3 is 6.09 Å². The molecular weight excluding hydrogens is 1090 g/mol. The van der Waals surface area contributed by atoms with E-state index in [2.05, 4.69) is 31.2 Å². The summed E-state index contributed by atoms with van der Waals surface area (Å²) in [6.07, 6.45) is 4.85. The number of amides is 6. The van der Waals surface area contributed by atoms with Crippen molar-refractivity contribution in [3.63, 3.8) is 0 Å². The first-order chi connectivity index (χ1) is 39.8. The van der Waals surface area contributed by atoms with Crippen molar-refractivity contribution in [2.75, 3.05) is 32.4 Å². The van der Waals surface area contributed by atoms with Gasteiger partial charge in [-0.25, -0.2) is 9.78 Å². The van der Waals surface area contributed by atoms with E-state index in [1.165, 1.54) is 41.8 Å². The molecule has 3 aromatic carbocycles. The number of rotatable bonds is 23. The van der Waals surface area contributed by atoms with E-state index in [1.54, 1.807) is 79.1 Å². The molecule has 7 atom stereocenters. The number of Topliss-reactive ketones (excluding diaryl/α,β-unsaturated/α-hetero) is 1. The van der Waals surface area contributed by atoms with Gasteiger partial charge in [0.2, 0.25) is 29.5 Å². The maximum absolute atomic E-state index is 15.4. The van der Waals surface area contributed by atoms with Crippen LogP contribution in [0.15, 0.2) is 114 Å². The van der Waals surface area contributed by atoms with E-state index in [-0.39, 0.29) is 63.1 Å². The number of nitrogens with zero attached hydrogens (tertiary/aromatic N) is 3. The van der Waals surface area contributed by atoms with Crippen molar-refractivity contribution in [3.05, 3.63) is 126 Å². The summed E-state index contributed by atoms with van der Waals surface area (Å²) in [7, 11) is 4.56. The number of aromatic nitrogens is 2. The SMILES string of the molecule is CCCCN(CCSSc1ccccn1)C(=O)CC[C@H]1C(=O)C[C@@H](Cc2ccc(O)cc2)C(=O)N[C@H](Cc2c[nH]c3ccccc23)CC[C@@H](CCCCNC(=O)OC(C)(C)C)C(=O)N[C@@H]([C@@H](C)O)C(=O)N[C@@H](Cc2ccccc2)C(=O)N1C. The predicted molar refractivity (Wildman–Crippen MR) is 325 cm³/mol. The number of fused-ring (bicyclic) bond motifs is 1. The van der Waals surface area contributed by atoms with Gasteiger partial charge in [-0.05, 0) is 137 Å². The number of phenols is 1. The largest absolute Gasteiger partial charge is 0.508 e. The van der Waals surface area contributed by atoms with Crippen molar-refractivity contribution < 1.29 is 48.5 Å². The average molecular weight is 1180 g/mol. The molecular formula is C63H84N8O10S2. The van der Waals surface area contributed by atoms with E-state index in [9.17, 15) is 29.4 Å². The Hall–Kier alpha value is -6.90. The Bertz CT molecular complexity index is 2890. The Labute approximate surface area is 496 Å². The lowest BCUT2D eigenvalue weighted by Crippen LogP contribution is -2.59. The van der Waals surface area contributed by atoms with Crippen LogP contribution < -0.4 is 21.3 Å². The highest BCUT2D eigenvalue weighted by molar-refractivity contribution is 8.76. The number of para-hydroxylation sites is 1. The number of hydrogen-bond acceptors (Lipinski definition) is 13. The van der Waals surface area contributed by atoms with Gasteiger partial charge in [-0.3, -0.25) is 28.8 Å². The van der Waals surface area contributed by atoms with Gasteiger partial charge < -0.3 is 51.0 Å². The van der Waals surface area contributed by atoms with Crippen LogP contribution in [0.2, 0.25) is 0 Å². The predicted octanol–water partition coefficient (Wildman–Crippen LogP) is 8.49. The van der Waals surface area contributed by atoms with Gasteiger partial charge in [0, 0.05) is 92.9 Å². The van der Waals surface area contributed by atoms with Crippen molar-refractivity contribution in [1.29, 1.82) is 0 Å². The number of carbonyl (C=O) groups is 7. The first-order valence-electron chi connectivity index (χ1n) is 29.0. The third-order valence-electron chi connectivity index (χ3n) is 14.7. The molecule has 0 unspecified atom stereocenters. The molecule has 1 aliphatic heterocycles. The molecule has 1 saturated heterocycles. The summed E-state index contributed by atoms with van der Waals surface area (Å²) in [4.78, 5) is 113. The molecule has 6 amide bonds. The molecule has 0 bridgehead atoms. The van der Waals surface area contributed by atoms with Gasteiger partial charge in [0.1, 0.15) is 28.5 Å². The van der Waals surface area contributed by atoms with Gasteiger partial charge in [-0.1, -0.05) is 97.3 Å². The Morgan fingerprint density at radius 2 is 1.52 bits per heavy atom. The highest BCUT2D eigenvalue weighted by Crippen LogP contribution is 2.30. The molecule has 0 aliphatic carbocycles. The molecule has 18 nitrogen and oxygen atoms in total. The lowest BCUT2D eigenvalue weighted by Gasteiger charge is -2.33. The van der Waals surface area contributed by atoms with Gasteiger partial charge in [0.15, 0.2) is 5.78 Å². The van der Waals surface area contributed by atoms with Gasteiger partial charge in [0.25, 0.3) is 0 Å². The highest BCUT2D eigenvalue weighted by Gasteiger charge is 2.38. The zero-order chi connectivity index (χ0) is 59.9. The second-order valence-electron chi connectivity index (χ2n) is 22.5. The number of pyridine rings is 1. The molecule has 6 rings (SSSR count). The lowest BCUT2D eigenvalue weighted by molar-refractivity contribution is -0.144. The van der Waals surface area contributed by atoms with Crippen molar-refractivity contribution in [2.45, 2.75) is 159 Å². The second-order valence-corrected chi connectivity index (χ2v) is 24.9. The fourth-order valence-electron chi connectivity index (χ4n) is 10.2. The molecule has 5 aromatic rings. The fourth-order valence-corrected chi connectivity index (χ4v) is 12.1. The number of benzene rings is 3. The van der Waals surface area contributed by atoms with Crippen LogP contribution in [0.4, 0.5) is 4.79 Å². The number of likely N-dealkylation sites (N-methyl/N-ethyl adjacent to an activating group) is 1. The maximum atomic E-state index is 15.4. The number of alkyl carbamates (subject to hydrolysis) is 1. The first-order valence-corrected chi connectivity index (χ1v) is 31.3. The van der Waals surface area contributed by atoms with Crippen molar-refractivity contribution in [3.8, 4) is 5.75 Å². The van der Waals surface area contributed by atoms with Crippen LogP contribution in [0.25, 0.3) is 10.9 Å². The first kappa shape index (κ1) is 65.3. The minimum absolute atomic E-state index is 0.0241. The maximum Gasteiger partial charge on any atom is 0.407 e. The number of phenolic OH excluding ortho intramolecular Hbond substituents is 1. The molecule has 0 radical (unpaired) electrons. The third-order valence-corrected chi connectivity index (χ3v) is 17.0. The molecule has 7 N–H and O–H groups in total. The van der Waals surface area contributed by atoms with Crippen LogP contribution in [0.5, 0.6) is 5.75 Å². The minimum Gasteiger partial charge on any atom is -0.508 e. The highest BCUT2D eigenvalue weighted by atomic mass is 33.1. The van der Waals surface area contributed by atoms with Crippen LogP contribution in [0.1, 0.15) is 116 Å². The molecule has 0 saturated carbocycles. The zero-order valence-electron chi connectivity index (χ0n) is 48.8. The number of nitrogens with one attached hydrogen (secondary N) is 5. The van der Waals surface area contributed by atoms with Crippen molar-refractivity contribution >= 4 is 73.9 Å². The number of carbonyl (C=O) groups excluding carboxylic acids is 7. The number of H-pyrrole nitrogens is 1. The lowest BCUT2D eigenvalue weighted by atomic mass is 9.88. The summed E-state index contributed by atoms with van der Waals surface area (Å²) in [5.74, 6) is -4.23. The average Bonchev–Trinajstić information content (AvgIpc) is 3.96. The molecule has 0 spiro atoms. The number of ether oxygens (including phenoxy) is 1. The fraction of sp³-hybridized carbons (Fsp3) is 0.492. The monoisotopic (exact) mass is 1180 g/mol. The molecule has 1 aliphatic rings. The van der Waals surface area contributed by atoms with Crippen molar-refractivity contribution in [2.24, 2.45) is 11.8 Å². The number of aliphatic hydroxyl groups excluding tert-OH is 1. The number of ketones is 1. The normalized spacial score (nSPS) is 20.1. The minimum atomic E-state index is -1.51. The molecule has 1 fully saturated rings. The number of aliphatic hydroxyl groups is 1. The Kier molecular flexibility index (Phi) is 25.8. The van der Waals surface area contributed by atoms with Gasteiger partial charge in [-0.15, -0.1) is 0 Å². The summed E-state index contributed by atoms with van der Waals surface area (Å²) >= 11 is 0. The number of unbranched alkanes of at least 4 members (excludes halogenated alkanes) is 2. The second kappa shape index (κ2) is 32.8. The summed E-state index contributed by atoms with van der Waals surface area (Å²) in [5.41, 5.74) is 2.46. The van der Waals surface area contributed by atoms with E-state index < -0.39 is 83.2 Å². The van der Waals surface area contributed by atoms with Crippen LogP contribution in [0.3, 0.4) is 0 Å². The number of aromatic hydroxyl groups is 1. The van der Waals surface area contributed by atoms with E-state index in [4.69, 9.17) is 4.74 Å². The summed E-state index contributed by atoms with van der Waals surface area (Å²) in [5, 5.41) is 35.1. The van der Waals surface area contributed by atoms with E-state index in [1.807, 2.05) is 61.7 Å². The summed E-state index contributed by atoms with van der Waals surface area (Å²) < 4.78 is 5.40. The Morgan fingerprint density at radius 1 is 0.807 bits per heavy atom. The quantitative estimate of drug-likeness (QED) is 0.0240.